The van der Waals surface area contributed by atoms with Gasteiger partial charge in [-0.2, -0.15) is 0 Å². The fourth-order valence-corrected chi connectivity index (χ4v) is 3.51. The normalized spacial score (nSPS) is 20.8. The predicted octanol–water partition coefficient (Wildman–Crippen LogP) is 2.67. The maximum Gasteiger partial charge on any atom is 0.144 e. The number of hydrazine groups is 1. The Bertz CT molecular complexity index is 399. The van der Waals surface area contributed by atoms with Gasteiger partial charge in [-0.3, -0.25) is 0 Å². The molecule has 4 nitrogen and oxygen atoms in total. The summed E-state index contributed by atoms with van der Waals surface area (Å²) in [6.07, 6.45) is 7.81. The van der Waals surface area contributed by atoms with Crippen molar-refractivity contribution in [1.82, 2.24) is 9.97 Å². The SMILES string of the molecule is NNc1cc(SC2CCCC2)nc(C2CC2)n1. The van der Waals surface area contributed by atoms with Crippen molar-refractivity contribution in [3.8, 4) is 0 Å². The molecule has 0 radical (unpaired) electrons. The van der Waals surface area contributed by atoms with Crippen molar-refractivity contribution >= 4 is 17.6 Å². The fraction of sp³-hybridized carbons (Fsp3) is 0.667. The molecule has 2 aliphatic rings. The van der Waals surface area contributed by atoms with Crippen molar-refractivity contribution in [1.29, 1.82) is 0 Å². The molecule has 2 aliphatic carbocycles. The highest BCUT2D eigenvalue weighted by molar-refractivity contribution is 7.99. The van der Waals surface area contributed by atoms with E-state index in [0.717, 1.165) is 21.9 Å². The van der Waals surface area contributed by atoms with Gasteiger partial charge in [0.2, 0.25) is 0 Å². The molecule has 1 aromatic heterocycles. The van der Waals surface area contributed by atoms with Gasteiger partial charge in [0.25, 0.3) is 0 Å². The highest BCUT2D eigenvalue weighted by Gasteiger charge is 2.28. The third-order valence-electron chi connectivity index (χ3n) is 3.40. The number of nitrogen functional groups attached to an aromatic ring is 1. The van der Waals surface area contributed by atoms with Crippen LogP contribution in [0.2, 0.25) is 0 Å². The predicted molar refractivity (Wildman–Crippen MR) is 69.9 cm³/mol. The van der Waals surface area contributed by atoms with Gasteiger partial charge in [-0.15, -0.1) is 11.8 Å². The summed E-state index contributed by atoms with van der Waals surface area (Å²) in [6, 6.07) is 1.97. The number of hydrogen-bond donors (Lipinski definition) is 2. The third-order valence-corrected chi connectivity index (χ3v) is 4.66. The Kier molecular flexibility index (Phi) is 3.20. The molecule has 0 spiro atoms. The van der Waals surface area contributed by atoms with Crippen LogP contribution in [-0.4, -0.2) is 15.2 Å². The van der Waals surface area contributed by atoms with E-state index in [1.807, 2.05) is 17.8 Å². The smallest absolute Gasteiger partial charge is 0.144 e. The Morgan fingerprint density at radius 1 is 1.18 bits per heavy atom. The molecule has 92 valence electrons. The summed E-state index contributed by atoms with van der Waals surface area (Å²) >= 11 is 1.89. The minimum Gasteiger partial charge on any atom is -0.308 e. The van der Waals surface area contributed by atoms with E-state index in [2.05, 4.69) is 15.4 Å². The fourth-order valence-electron chi connectivity index (χ4n) is 2.28. The average Bonchev–Trinajstić information content (AvgIpc) is 3.09. The molecule has 0 amide bonds. The lowest BCUT2D eigenvalue weighted by Crippen LogP contribution is -2.11. The first-order valence-electron chi connectivity index (χ1n) is 6.37. The Balaban J connectivity index is 1.78. The molecular weight excluding hydrogens is 232 g/mol. The topological polar surface area (TPSA) is 63.8 Å². The monoisotopic (exact) mass is 250 g/mol. The summed E-state index contributed by atoms with van der Waals surface area (Å²) in [5.74, 6) is 7.77. The van der Waals surface area contributed by atoms with Crippen LogP contribution in [0.4, 0.5) is 5.82 Å². The standard InChI is InChI=1S/C12H18N4S/c13-16-10-7-11(17-9-3-1-2-4-9)15-12(14-10)8-5-6-8/h7-9H,1-6,13H2,(H,14,15,16). The van der Waals surface area contributed by atoms with E-state index in [-0.39, 0.29) is 0 Å². The minimum absolute atomic E-state index is 0.575. The molecule has 5 heteroatoms. The van der Waals surface area contributed by atoms with Crippen LogP contribution in [0.15, 0.2) is 11.1 Å². The molecule has 1 heterocycles. The van der Waals surface area contributed by atoms with Gasteiger partial charge in [0, 0.05) is 17.2 Å². The third kappa shape index (κ3) is 2.72. The summed E-state index contributed by atoms with van der Waals surface area (Å²) in [5.41, 5.74) is 2.65. The zero-order chi connectivity index (χ0) is 11.7. The zero-order valence-corrected chi connectivity index (χ0v) is 10.7. The van der Waals surface area contributed by atoms with E-state index in [1.165, 1.54) is 38.5 Å². The Labute approximate surface area is 106 Å². The van der Waals surface area contributed by atoms with Crippen LogP contribution >= 0.6 is 11.8 Å². The van der Waals surface area contributed by atoms with Crippen LogP contribution in [0, 0.1) is 0 Å². The molecule has 0 aromatic carbocycles. The summed E-state index contributed by atoms with van der Waals surface area (Å²) < 4.78 is 0. The molecule has 3 N–H and O–H groups in total. The van der Waals surface area contributed by atoms with Crippen LogP contribution < -0.4 is 11.3 Å². The van der Waals surface area contributed by atoms with Crippen LogP contribution in [0.3, 0.4) is 0 Å². The Morgan fingerprint density at radius 3 is 2.59 bits per heavy atom. The van der Waals surface area contributed by atoms with E-state index in [0.29, 0.717) is 5.92 Å². The first kappa shape index (κ1) is 11.3. The van der Waals surface area contributed by atoms with Crippen LogP contribution in [0.25, 0.3) is 0 Å². The Morgan fingerprint density at radius 2 is 1.94 bits per heavy atom. The summed E-state index contributed by atoms with van der Waals surface area (Å²) in [6.45, 7) is 0. The minimum atomic E-state index is 0.575. The van der Waals surface area contributed by atoms with E-state index in [9.17, 15) is 0 Å². The number of nitrogens with zero attached hydrogens (tertiary/aromatic N) is 2. The van der Waals surface area contributed by atoms with Crippen molar-refractivity contribution in [2.24, 2.45) is 5.84 Å². The van der Waals surface area contributed by atoms with Crippen LogP contribution in [0.1, 0.15) is 50.3 Å². The lowest BCUT2D eigenvalue weighted by molar-refractivity contribution is 0.862. The van der Waals surface area contributed by atoms with Crippen molar-refractivity contribution in [2.45, 2.75) is 54.7 Å². The Hall–Kier alpha value is -0.810. The molecule has 2 fully saturated rings. The maximum atomic E-state index is 5.47. The van der Waals surface area contributed by atoms with Gasteiger partial charge < -0.3 is 5.43 Å². The first-order chi connectivity index (χ1) is 8.35. The second kappa shape index (κ2) is 4.82. The molecule has 17 heavy (non-hydrogen) atoms. The van der Waals surface area contributed by atoms with Crippen molar-refractivity contribution in [2.75, 3.05) is 5.43 Å². The van der Waals surface area contributed by atoms with Crippen molar-refractivity contribution < 1.29 is 0 Å². The lowest BCUT2D eigenvalue weighted by atomic mass is 10.4. The number of nitrogens with one attached hydrogen (secondary N) is 1. The number of anilines is 1. The van der Waals surface area contributed by atoms with E-state index < -0.39 is 0 Å². The molecule has 0 bridgehead atoms. The van der Waals surface area contributed by atoms with Gasteiger partial charge in [0.15, 0.2) is 0 Å². The van der Waals surface area contributed by atoms with Gasteiger partial charge in [-0.05, 0) is 25.7 Å². The average molecular weight is 250 g/mol. The molecule has 1 aromatic rings. The number of nitrogens with two attached hydrogens (primary N) is 1. The summed E-state index contributed by atoms with van der Waals surface area (Å²) in [5, 5.41) is 1.82. The highest BCUT2D eigenvalue weighted by atomic mass is 32.2. The number of aromatic nitrogens is 2. The molecule has 0 unspecified atom stereocenters. The molecule has 2 saturated carbocycles. The second-order valence-corrected chi connectivity index (χ2v) is 6.21. The highest BCUT2D eigenvalue weighted by Crippen LogP contribution is 2.40. The molecule has 0 aliphatic heterocycles. The molecule has 3 rings (SSSR count). The number of hydrogen-bond acceptors (Lipinski definition) is 5. The van der Waals surface area contributed by atoms with E-state index in [4.69, 9.17) is 5.84 Å². The number of thioether (sulfide) groups is 1. The first-order valence-corrected chi connectivity index (χ1v) is 7.25. The maximum absolute atomic E-state index is 5.47. The van der Waals surface area contributed by atoms with Gasteiger partial charge in [0.1, 0.15) is 16.7 Å². The van der Waals surface area contributed by atoms with Crippen molar-refractivity contribution in [3.63, 3.8) is 0 Å². The number of rotatable bonds is 4. The molecular formula is C12H18N4S. The largest absolute Gasteiger partial charge is 0.308 e. The quantitative estimate of drug-likeness (QED) is 0.488. The van der Waals surface area contributed by atoms with Crippen LogP contribution in [-0.2, 0) is 0 Å². The summed E-state index contributed by atoms with van der Waals surface area (Å²) in [4.78, 5) is 9.09. The molecule has 0 saturated heterocycles. The van der Waals surface area contributed by atoms with Gasteiger partial charge in [0.05, 0.1) is 0 Å². The molecule has 0 atom stereocenters. The van der Waals surface area contributed by atoms with Crippen molar-refractivity contribution in [3.05, 3.63) is 11.9 Å². The van der Waals surface area contributed by atoms with Gasteiger partial charge in [-0.1, -0.05) is 12.8 Å². The van der Waals surface area contributed by atoms with Crippen LogP contribution in [0.5, 0.6) is 0 Å². The lowest BCUT2D eigenvalue weighted by Gasteiger charge is -2.10. The van der Waals surface area contributed by atoms with Gasteiger partial charge in [-0.25, -0.2) is 15.8 Å². The van der Waals surface area contributed by atoms with E-state index in [1.54, 1.807) is 0 Å². The van der Waals surface area contributed by atoms with Gasteiger partial charge >= 0.3 is 0 Å². The van der Waals surface area contributed by atoms with E-state index >= 15 is 0 Å². The second-order valence-electron chi connectivity index (χ2n) is 4.89. The summed E-state index contributed by atoms with van der Waals surface area (Å²) in [7, 11) is 0. The zero-order valence-electron chi connectivity index (χ0n) is 9.85.